The Balaban J connectivity index is 2.01. The van der Waals surface area contributed by atoms with E-state index in [0.717, 1.165) is 19.5 Å². The SMILES string of the molecule is CCC1(CS(=O)(=O)O)CN(C(C)c2ccccc2)C1. The lowest BCUT2D eigenvalue weighted by Crippen LogP contribution is -2.59. The summed E-state index contributed by atoms with van der Waals surface area (Å²) in [5.74, 6) is -0.130. The first kappa shape index (κ1) is 14.5. The van der Waals surface area contributed by atoms with Gasteiger partial charge in [-0.3, -0.25) is 9.45 Å². The Kier molecular flexibility index (Phi) is 3.99. The third-order valence-electron chi connectivity index (χ3n) is 4.15. The van der Waals surface area contributed by atoms with Gasteiger partial charge in [0.15, 0.2) is 0 Å². The number of hydrogen-bond donors (Lipinski definition) is 1. The molecule has 4 nitrogen and oxygen atoms in total. The number of nitrogens with zero attached hydrogens (tertiary/aromatic N) is 1. The van der Waals surface area contributed by atoms with Crippen molar-refractivity contribution in [3.05, 3.63) is 35.9 Å². The van der Waals surface area contributed by atoms with Crippen LogP contribution in [0.3, 0.4) is 0 Å². The van der Waals surface area contributed by atoms with Crippen LogP contribution in [0.15, 0.2) is 30.3 Å². The molecule has 0 saturated carbocycles. The monoisotopic (exact) mass is 283 g/mol. The topological polar surface area (TPSA) is 57.6 Å². The average molecular weight is 283 g/mol. The Labute approximate surface area is 115 Å². The molecule has 5 heteroatoms. The van der Waals surface area contributed by atoms with Crippen LogP contribution in [0.5, 0.6) is 0 Å². The van der Waals surface area contributed by atoms with Crippen LogP contribution in [0, 0.1) is 5.41 Å². The van der Waals surface area contributed by atoms with Crippen LogP contribution in [-0.2, 0) is 10.1 Å². The highest BCUT2D eigenvalue weighted by Gasteiger charge is 2.45. The molecule has 106 valence electrons. The van der Waals surface area contributed by atoms with E-state index in [9.17, 15) is 8.42 Å². The first-order valence-corrected chi connectivity index (χ1v) is 8.20. The molecule has 2 rings (SSSR count). The Morgan fingerprint density at radius 2 is 1.89 bits per heavy atom. The predicted octanol–water partition coefficient (Wildman–Crippen LogP) is 2.35. The minimum absolute atomic E-state index is 0.130. The Morgan fingerprint density at radius 3 is 2.37 bits per heavy atom. The second-order valence-corrected chi connectivity index (χ2v) is 7.02. The summed E-state index contributed by atoms with van der Waals surface area (Å²) >= 11 is 0. The highest BCUT2D eigenvalue weighted by molar-refractivity contribution is 7.85. The van der Waals surface area contributed by atoms with E-state index in [2.05, 4.69) is 24.0 Å². The van der Waals surface area contributed by atoms with E-state index in [4.69, 9.17) is 4.55 Å². The lowest BCUT2D eigenvalue weighted by Gasteiger charge is -2.52. The Morgan fingerprint density at radius 1 is 1.32 bits per heavy atom. The van der Waals surface area contributed by atoms with Crippen molar-refractivity contribution >= 4 is 10.1 Å². The first-order valence-electron chi connectivity index (χ1n) is 6.59. The van der Waals surface area contributed by atoms with E-state index in [1.54, 1.807) is 0 Å². The van der Waals surface area contributed by atoms with Gasteiger partial charge in [-0.25, -0.2) is 0 Å². The minimum atomic E-state index is -3.90. The zero-order chi connectivity index (χ0) is 14.1. The van der Waals surface area contributed by atoms with E-state index < -0.39 is 10.1 Å². The van der Waals surface area contributed by atoms with E-state index in [1.165, 1.54) is 5.56 Å². The predicted molar refractivity (Wildman–Crippen MR) is 75.6 cm³/mol. The Hall–Kier alpha value is -0.910. The normalized spacial score (nSPS) is 20.8. The van der Waals surface area contributed by atoms with Crippen LogP contribution in [0.25, 0.3) is 0 Å². The van der Waals surface area contributed by atoms with Crippen molar-refractivity contribution in [2.24, 2.45) is 5.41 Å². The molecule has 19 heavy (non-hydrogen) atoms. The highest BCUT2D eigenvalue weighted by Crippen LogP contribution is 2.40. The van der Waals surface area contributed by atoms with Gasteiger partial charge in [-0.1, -0.05) is 37.3 Å². The smallest absolute Gasteiger partial charge is 0.265 e. The van der Waals surface area contributed by atoms with Crippen LogP contribution in [0.1, 0.15) is 31.9 Å². The maximum absolute atomic E-state index is 11.1. The van der Waals surface area contributed by atoms with Gasteiger partial charge in [0.05, 0.1) is 5.75 Å². The van der Waals surface area contributed by atoms with Crippen molar-refractivity contribution in [1.82, 2.24) is 4.90 Å². The van der Waals surface area contributed by atoms with Gasteiger partial charge in [-0.2, -0.15) is 8.42 Å². The second kappa shape index (κ2) is 5.23. The van der Waals surface area contributed by atoms with E-state index in [0.29, 0.717) is 0 Å². The molecule has 0 amide bonds. The summed E-state index contributed by atoms with van der Waals surface area (Å²) in [6, 6.07) is 10.5. The molecule has 1 aliphatic rings. The molecule has 1 saturated heterocycles. The van der Waals surface area contributed by atoms with Crippen molar-refractivity contribution in [3.63, 3.8) is 0 Å². The van der Waals surface area contributed by atoms with Gasteiger partial charge in [0.1, 0.15) is 0 Å². The third-order valence-corrected chi connectivity index (χ3v) is 5.12. The van der Waals surface area contributed by atoms with Crippen molar-refractivity contribution in [3.8, 4) is 0 Å². The molecule has 0 spiro atoms. The van der Waals surface area contributed by atoms with E-state index >= 15 is 0 Å². The molecule has 1 aromatic rings. The number of likely N-dealkylation sites (tertiary alicyclic amines) is 1. The maximum atomic E-state index is 11.1. The zero-order valence-electron chi connectivity index (χ0n) is 11.4. The lowest BCUT2D eigenvalue weighted by molar-refractivity contribution is -0.0152. The van der Waals surface area contributed by atoms with Gasteiger partial charge in [0.25, 0.3) is 10.1 Å². The molecule has 1 N–H and O–H groups in total. The zero-order valence-corrected chi connectivity index (χ0v) is 12.2. The fourth-order valence-corrected chi connectivity index (χ4v) is 4.00. The minimum Gasteiger partial charge on any atom is -0.295 e. The summed E-state index contributed by atoms with van der Waals surface area (Å²) in [7, 11) is -3.90. The second-order valence-electron chi connectivity index (χ2n) is 5.57. The van der Waals surface area contributed by atoms with Crippen LogP contribution in [0.4, 0.5) is 0 Å². The van der Waals surface area contributed by atoms with Gasteiger partial charge in [0, 0.05) is 24.5 Å². The van der Waals surface area contributed by atoms with Crippen molar-refractivity contribution < 1.29 is 13.0 Å². The van der Waals surface area contributed by atoms with E-state index in [-0.39, 0.29) is 17.2 Å². The highest BCUT2D eigenvalue weighted by atomic mass is 32.2. The lowest BCUT2D eigenvalue weighted by atomic mass is 9.78. The molecule has 0 aliphatic carbocycles. The van der Waals surface area contributed by atoms with Crippen molar-refractivity contribution in [2.45, 2.75) is 26.3 Å². The Bertz CT molecular complexity index is 521. The quantitative estimate of drug-likeness (QED) is 0.843. The molecular weight excluding hydrogens is 262 g/mol. The number of benzene rings is 1. The van der Waals surface area contributed by atoms with Gasteiger partial charge in [-0.05, 0) is 18.9 Å². The molecule has 1 atom stereocenters. The standard InChI is InChI=1S/C14H21NO3S/c1-3-14(11-19(16,17)18)9-15(10-14)12(2)13-7-5-4-6-8-13/h4-8,12H,3,9-11H2,1-2H3,(H,16,17,18). The van der Waals surface area contributed by atoms with Crippen LogP contribution in [0.2, 0.25) is 0 Å². The summed E-state index contributed by atoms with van der Waals surface area (Å²) < 4.78 is 31.2. The third kappa shape index (κ3) is 3.35. The molecule has 1 aromatic carbocycles. The molecule has 0 radical (unpaired) electrons. The van der Waals surface area contributed by atoms with Gasteiger partial charge in [0.2, 0.25) is 0 Å². The molecule has 1 unspecified atom stereocenters. The average Bonchev–Trinajstić information content (AvgIpc) is 2.32. The van der Waals surface area contributed by atoms with Crippen LogP contribution >= 0.6 is 0 Å². The summed E-state index contributed by atoms with van der Waals surface area (Å²) in [6.07, 6.45) is 0.769. The molecule has 1 aliphatic heterocycles. The molecule has 1 fully saturated rings. The fourth-order valence-electron chi connectivity index (χ4n) is 2.84. The van der Waals surface area contributed by atoms with Gasteiger partial charge >= 0.3 is 0 Å². The summed E-state index contributed by atoms with van der Waals surface area (Å²) in [6.45, 7) is 5.55. The van der Waals surface area contributed by atoms with Crippen LogP contribution < -0.4 is 0 Å². The number of hydrogen-bond acceptors (Lipinski definition) is 3. The number of rotatable bonds is 5. The first-order chi connectivity index (χ1) is 8.85. The largest absolute Gasteiger partial charge is 0.295 e. The maximum Gasteiger partial charge on any atom is 0.265 e. The molecule has 0 aromatic heterocycles. The van der Waals surface area contributed by atoms with Crippen molar-refractivity contribution in [2.75, 3.05) is 18.8 Å². The van der Waals surface area contributed by atoms with Crippen LogP contribution in [-0.4, -0.2) is 36.7 Å². The summed E-state index contributed by atoms with van der Waals surface area (Å²) in [5.41, 5.74) is 0.954. The fraction of sp³-hybridized carbons (Fsp3) is 0.571. The molecular formula is C14H21NO3S. The molecule has 0 bridgehead atoms. The van der Waals surface area contributed by atoms with E-state index in [1.807, 2.05) is 25.1 Å². The summed E-state index contributed by atoms with van der Waals surface area (Å²) in [5, 5.41) is 0. The van der Waals surface area contributed by atoms with Crippen molar-refractivity contribution in [1.29, 1.82) is 0 Å². The summed E-state index contributed by atoms with van der Waals surface area (Å²) in [4.78, 5) is 2.25. The van der Waals surface area contributed by atoms with Gasteiger partial charge in [-0.15, -0.1) is 0 Å². The molecule has 1 heterocycles. The van der Waals surface area contributed by atoms with Gasteiger partial charge < -0.3 is 0 Å².